The Morgan fingerprint density at radius 2 is 2.22 bits per heavy atom. The van der Waals surface area contributed by atoms with Gasteiger partial charge < -0.3 is 10.3 Å². The molecule has 0 aliphatic rings. The Balaban J connectivity index is 1.97. The zero-order valence-electron chi connectivity index (χ0n) is 10.6. The molecule has 18 heavy (non-hydrogen) atoms. The van der Waals surface area contributed by atoms with Crippen LogP contribution >= 0.6 is 11.8 Å². The molecule has 96 valence electrons. The van der Waals surface area contributed by atoms with Crippen LogP contribution in [0, 0.1) is 6.92 Å². The van der Waals surface area contributed by atoms with Crippen LogP contribution in [0.2, 0.25) is 0 Å². The SMILES string of the molecule is CCCc1noc(CSc2ccc(C)cc2N)n1. The molecule has 2 aromatic rings. The van der Waals surface area contributed by atoms with Gasteiger partial charge in [0.1, 0.15) is 0 Å². The van der Waals surface area contributed by atoms with Crippen LogP contribution in [0.3, 0.4) is 0 Å². The van der Waals surface area contributed by atoms with Crippen LogP contribution in [0.25, 0.3) is 0 Å². The van der Waals surface area contributed by atoms with Crippen molar-refractivity contribution in [2.75, 3.05) is 5.73 Å². The highest BCUT2D eigenvalue weighted by molar-refractivity contribution is 7.98. The van der Waals surface area contributed by atoms with Crippen molar-refractivity contribution in [2.24, 2.45) is 0 Å². The molecule has 5 heteroatoms. The van der Waals surface area contributed by atoms with Gasteiger partial charge in [0, 0.05) is 17.0 Å². The van der Waals surface area contributed by atoms with Crippen LogP contribution < -0.4 is 5.73 Å². The van der Waals surface area contributed by atoms with Gasteiger partial charge in [0.15, 0.2) is 5.82 Å². The molecule has 0 amide bonds. The van der Waals surface area contributed by atoms with Crippen molar-refractivity contribution in [3.8, 4) is 0 Å². The molecule has 0 saturated heterocycles. The number of nitrogen functional groups attached to an aromatic ring is 1. The molecule has 1 heterocycles. The minimum atomic E-state index is 0.656. The van der Waals surface area contributed by atoms with Crippen molar-refractivity contribution in [1.29, 1.82) is 0 Å². The van der Waals surface area contributed by atoms with E-state index in [1.54, 1.807) is 11.8 Å². The summed E-state index contributed by atoms with van der Waals surface area (Å²) < 4.78 is 5.18. The van der Waals surface area contributed by atoms with E-state index in [9.17, 15) is 0 Å². The number of nitrogens with two attached hydrogens (primary N) is 1. The summed E-state index contributed by atoms with van der Waals surface area (Å²) in [6.07, 6.45) is 1.89. The van der Waals surface area contributed by atoms with E-state index in [0.717, 1.165) is 29.2 Å². The fourth-order valence-corrected chi connectivity index (χ4v) is 2.40. The molecule has 0 unspecified atom stereocenters. The summed E-state index contributed by atoms with van der Waals surface area (Å²) in [7, 11) is 0. The third-order valence-electron chi connectivity index (χ3n) is 2.50. The molecular weight excluding hydrogens is 246 g/mol. The number of aromatic nitrogens is 2. The normalized spacial score (nSPS) is 10.8. The molecule has 1 aromatic carbocycles. The zero-order chi connectivity index (χ0) is 13.0. The van der Waals surface area contributed by atoms with Gasteiger partial charge in [0.2, 0.25) is 5.89 Å². The third kappa shape index (κ3) is 3.26. The first-order valence-corrected chi connectivity index (χ1v) is 6.98. The summed E-state index contributed by atoms with van der Waals surface area (Å²) in [4.78, 5) is 5.37. The predicted octanol–water partition coefficient (Wildman–Crippen LogP) is 3.21. The highest BCUT2D eigenvalue weighted by Gasteiger charge is 2.07. The summed E-state index contributed by atoms with van der Waals surface area (Å²) in [5.41, 5.74) is 7.92. The molecule has 0 atom stereocenters. The second kappa shape index (κ2) is 5.91. The van der Waals surface area contributed by atoms with Gasteiger partial charge in [-0.1, -0.05) is 18.1 Å². The van der Waals surface area contributed by atoms with Crippen LogP contribution in [-0.4, -0.2) is 10.1 Å². The molecule has 0 bridgehead atoms. The predicted molar refractivity (Wildman–Crippen MR) is 73.4 cm³/mol. The number of nitrogens with zero attached hydrogens (tertiary/aromatic N) is 2. The van der Waals surface area contributed by atoms with Crippen LogP contribution in [0.5, 0.6) is 0 Å². The van der Waals surface area contributed by atoms with E-state index in [1.165, 1.54) is 5.56 Å². The second-order valence-electron chi connectivity index (χ2n) is 4.18. The van der Waals surface area contributed by atoms with Crippen molar-refractivity contribution < 1.29 is 4.52 Å². The Kier molecular flexibility index (Phi) is 4.25. The largest absolute Gasteiger partial charge is 0.398 e. The molecule has 2 rings (SSSR count). The molecule has 0 fully saturated rings. The lowest BCUT2D eigenvalue weighted by Gasteiger charge is -2.04. The second-order valence-corrected chi connectivity index (χ2v) is 5.20. The van der Waals surface area contributed by atoms with E-state index in [2.05, 4.69) is 23.1 Å². The smallest absolute Gasteiger partial charge is 0.237 e. The molecule has 2 N–H and O–H groups in total. The summed E-state index contributed by atoms with van der Waals surface area (Å²) in [6.45, 7) is 4.12. The average Bonchev–Trinajstić information content (AvgIpc) is 2.76. The number of hydrogen-bond acceptors (Lipinski definition) is 5. The molecule has 0 spiro atoms. The lowest BCUT2D eigenvalue weighted by molar-refractivity contribution is 0.384. The van der Waals surface area contributed by atoms with Gasteiger partial charge in [0.25, 0.3) is 0 Å². The number of rotatable bonds is 5. The maximum Gasteiger partial charge on any atom is 0.237 e. The van der Waals surface area contributed by atoms with E-state index in [-0.39, 0.29) is 0 Å². The Labute approximate surface area is 111 Å². The lowest BCUT2D eigenvalue weighted by Crippen LogP contribution is -1.90. The van der Waals surface area contributed by atoms with Crippen molar-refractivity contribution >= 4 is 17.4 Å². The fraction of sp³-hybridized carbons (Fsp3) is 0.385. The van der Waals surface area contributed by atoms with E-state index in [0.29, 0.717) is 11.6 Å². The minimum absolute atomic E-state index is 0.656. The van der Waals surface area contributed by atoms with E-state index < -0.39 is 0 Å². The van der Waals surface area contributed by atoms with Crippen LogP contribution in [0.15, 0.2) is 27.6 Å². The summed E-state index contributed by atoms with van der Waals surface area (Å²) in [6, 6.07) is 6.05. The van der Waals surface area contributed by atoms with Crippen LogP contribution in [-0.2, 0) is 12.2 Å². The topological polar surface area (TPSA) is 64.9 Å². The number of aryl methyl sites for hydroxylation is 2. The van der Waals surface area contributed by atoms with E-state index >= 15 is 0 Å². The van der Waals surface area contributed by atoms with Crippen molar-refractivity contribution in [2.45, 2.75) is 37.3 Å². The van der Waals surface area contributed by atoms with Gasteiger partial charge in [-0.2, -0.15) is 4.98 Å². The van der Waals surface area contributed by atoms with Crippen LogP contribution in [0.1, 0.15) is 30.6 Å². The first-order valence-electron chi connectivity index (χ1n) is 5.99. The monoisotopic (exact) mass is 263 g/mol. The first-order chi connectivity index (χ1) is 8.69. The van der Waals surface area contributed by atoms with Gasteiger partial charge in [-0.25, -0.2) is 0 Å². The number of hydrogen-bond donors (Lipinski definition) is 1. The quantitative estimate of drug-likeness (QED) is 0.663. The van der Waals surface area contributed by atoms with Crippen molar-refractivity contribution in [1.82, 2.24) is 10.1 Å². The standard InChI is InChI=1S/C13H17N3OS/c1-3-4-12-15-13(17-16-12)8-18-11-6-5-9(2)7-10(11)14/h5-7H,3-4,8,14H2,1-2H3. The van der Waals surface area contributed by atoms with Gasteiger partial charge in [0.05, 0.1) is 5.75 Å². The molecule has 0 aliphatic heterocycles. The maximum atomic E-state index is 5.95. The molecule has 4 nitrogen and oxygen atoms in total. The molecule has 0 radical (unpaired) electrons. The minimum Gasteiger partial charge on any atom is -0.398 e. The molecule has 0 aliphatic carbocycles. The zero-order valence-corrected chi connectivity index (χ0v) is 11.5. The summed E-state index contributed by atoms with van der Waals surface area (Å²) in [5, 5.41) is 3.92. The fourth-order valence-electron chi connectivity index (χ4n) is 1.61. The Bertz CT molecular complexity index is 525. The van der Waals surface area contributed by atoms with Gasteiger partial charge >= 0.3 is 0 Å². The first kappa shape index (κ1) is 13.0. The van der Waals surface area contributed by atoms with Crippen molar-refractivity contribution in [3.05, 3.63) is 35.5 Å². The maximum absolute atomic E-state index is 5.95. The lowest BCUT2D eigenvalue weighted by atomic mass is 10.2. The average molecular weight is 263 g/mol. The third-order valence-corrected chi connectivity index (χ3v) is 3.57. The van der Waals surface area contributed by atoms with E-state index in [1.807, 2.05) is 19.1 Å². The number of anilines is 1. The highest BCUT2D eigenvalue weighted by atomic mass is 32.2. The van der Waals surface area contributed by atoms with E-state index in [4.69, 9.17) is 10.3 Å². The van der Waals surface area contributed by atoms with Crippen LogP contribution in [0.4, 0.5) is 5.69 Å². The number of benzene rings is 1. The summed E-state index contributed by atoms with van der Waals surface area (Å²) >= 11 is 1.62. The molecule has 1 aromatic heterocycles. The Morgan fingerprint density at radius 3 is 2.94 bits per heavy atom. The molecular formula is C13H17N3OS. The molecule has 0 saturated carbocycles. The highest BCUT2D eigenvalue weighted by Crippen LogP contribution is 2.28. The van der Waals surface area contributed by atoms with Gasteiger partial charge in [-0.15, -0.1) is 11.8 Å². The van der Waals surface area contributed by atoms with Gasteiger partial charge in [-0.3, -0.25) is 0 Å². The Hall–Kier alpha value is -1.49. The summed E-state index contributed by atoms with van der Waals surface area (Å²) in [5.74, 6) is 2.10. The van der Waals surface area contributed by atoms with Crippen molar-refractivity contribution in [3.63, 3.8) is 0 Å². The van der Waals surface area contributed by atoms with Gasteiger partial charge in [-0.05, 0) is 31.0 Å². The Morgan fingerprint density at radius 1 is 1.39 bits per heavy atom. The number of thioether (sulfide) groups is 1.